The van der Waals surface area contributed by atoms with Crippen LogP contribution >= 0.6 is 0 Å². The normalized spacial score (nSPS) is 15.8. The summed E-state index contributed by atoms with van der Waals surface area (Å²) in [5, 5.41) is 1.87. The monoisotopic (exact) mass is 248 g/mol. The molecular formula is C15H12N4. The molecule has 0 aliphatic carbocycles. The van der Waals surface area contributed by atoms with Gasteiger partial charge in [0, 0.05) is 6.92 Å². The van der Waals surface area contributed by atoms with E-state index in [4.69, 9.17) is 9.98 Å². The van der Waals surface area contributed by atoms with Crippen molar-refractivity contribution in [2.75, 3.05) is 0 Å². The molecule has 2 heterocycles. The highest BCUT2D eigenvalue weighted by atomic mass is 15.3. The summed E-state index contributed by atoms with van der Waals surface area (Å²) in [6.45, 7) is 2.00. The molecule has 19 heavy (non-hydrogen) atoms. The number of aromatic nitrogens is 2. The highest BCUT2D eigenvalue weighted by Gasteiger charge is 2.28. The van der Waals surface area contributed by atoms with Gasteiger partial charge in [0.15, 0.2) is 0 Å². The Morgan fingerprint density at radius 2 is 1.53 bits per heavy atom. The molecule has 1 aliphatic rings. The predicted octanol–water partition coefficient (Wildman–Crippen LogP) is 1.62. The number of hydrogen-bond donors (Lipinski definition) is 0. The van der Waals surface area contributed by atoms with Crippen LogP contribution in [0.1, 0.15) is 6.92 Å². The van der Waals surface area contributed by atoms with Gasteiger partial charge in [-0.3, -0.25) is 4.57 Å². The zero-order valence-corrected chi connectivity index (χ0v) is 10.5. The minimum atomic E-state index is -0.639. The second kappa shape index (κ2) is 3.51. The van der Waals surface area contributed by atoms with Gasteiger partial charge < -0.3 is 0 Å². The van der Waals surface area contributed by atoms with Crippen molar-refractivity contribution in [3.63, 3.8) is 0 Å². The minimum absolute atomic E-state index is 0.639. The molecule has 4 nitrogen and oxygen atoms in total. The summed E-state index contributed by atoms with van der Waals surface area (Å²) >= 11 is 0. The van der Waals surface area contributed by atoms with Crippen molar-refractivity contribution < 1.29 is 0 Å². The lowest BCUT2D eigenvalue weighted by molar-refractivity contribution is 0.360. The third-order valence-electron chi connectivity index (χ3n) is 3.46. The molecule has 0 saturated heterocycles. The van der Waals surface area contributed by atoms with Gasteiger partial charge in [-0.25, -0.2) is 15.0 Å². The van der Waals surface area contributed by atoms with Crippen molar-refractivity contribution in [1.29, 1.82) is 0 Å². The van der Waals surface area contributed by atoms with E-state index in [9.17, 15) is 0 Å². The second-order valence-electron chi connectivity index (χ2n) is 4.79. The lowest BCUT2D eigenvalue weighted by atomic mass is 10.3. The summed E-state index contributed by atoms with van der Waals surface area (Å²) in [6.07, 6.45) is 1.81. The first kappa shape index (κ1) is 10.4. The van der Waals surface area contributed by atoms with Gasteiger partial charge in [-0.2, -0.15) is 0 Å². The molecule has 0 radical (unpaired) electrons. The van der Waals surface area contributed by atoms with Crippen LogP contribution in [-0.2, 0) is 5.79 Å². The summed E-state index contributed by atoms with van der Waals surface area (Å²) in [6, 6.07) is 16.0. The molecule has 0 amide bonds. The standard InChI is InChI=1S/C15H12N4/c1-15(17-11-6-2-3-7-12(11)18-15)19-10-16-13-8-4-5-9-14(13)19/h2-10H,1H3. The van der Waals surface area contributed by atoms with Crippen LogP contribution in [0.5, 0.6) is 0 Å². The predicted molar refractivity (Wildman–Crippen MR) is 72.1 cm³/mol. The van der Waals surface area contributed by atoms with E-state index in [1.54, 1.807) is 0 Å². The highest BCUT2D eigenvalue weighted by Crippen LogP contribution is 2.25. The van der Waals surface area contributed by atoms with Gasteiger partial charge >= 0.3 is 0 Å². The summed E-state index contributed by atoms with van der Waals surface area (Å²) < 4.78 is 2.02. The van der Waals surface area contributed by atoms with Crippen LogP contribution in [0.2, 0.25) is 0 Å². The molecule has 3 aromatic rings. The molecular weight excluding hydrogens is 236 g/mol. The van der Waals surface area contributed by atoms with Crippen molar-refractivity contribution in [3.05, 3.63) is 65.6 Å². The van der Waals surface area contributed by atoms with Crippen LogP contribution in [0.4, 0.5) is 0 Å². The van der Waals surface area contributed by atoms with Crippen molar-refractivity contribution >= 4 is 11.0 Å². The molecule has 0 fully saturated rings. The van der Waals surface area contributed by atoms with E-state index in [2.05, 4.69) is 4.98 Å². The Morgan fingerprint density at radius 1 is 0.895 bits per heavy atom. The number of imidazole rings is 1. The van der Waals surface area contributed by atoms with E-state index in [1.165, 1.54) is 0 Å². The lowest BCUT2D eigenvalue weighted by Gasteiger charge is -2.20. The Balaban J connectivity index is 2.01. The van der Waals surface area contributed by atoms with E-state index in [-0.39, 0.29) is 0 Å². The maximum Gasteiger partial charge on any atom is 0.230 e. The molecule has 1 aromatic heterocycles. The third kappa shape index (κ3) is 1.43. The Bertz CT molecular complexity index is 857. The fourth-order valence-electron chi connectivity index (χ4n) is 2.54. The van der Waals surface area contributed by atoms with Crippen LogP contribution in [-0.4, -0.2) is 9.55 Å². The maximum atomic E-state index is 4.73. The molecule has 0 N–H and O–H groups in total. The Morgan fingerprint density at radius 3 is 2.26 bits per heavy atom. The van der Waals surface area contributed by atoms with Crippen LogP contribution in [0.15, 0.2) is 64.8 Å². The molecule has 4 rings (SSSR count). The van der Waals surface area contributed by atoms with Crippen molar-refractivity contribution in [2.24, 2.45) is 9.98 Å². The van der Waals surface area contributed by atoms with E-state index in [0.717, 1.165) is 21.7 Å². The summed E-state index contributed by atoms with van der Waals surface area (Å²) in [5.41, 5.74) is 2.01. The van der Waals surface area contributed by atoms with Crippen LogP contribution in [0.25, 0.3) is 11.0 Å². The minimum Gasteiger partial charge on any atom is -0.286 e. The first-order valence-electron chi connectivity index (χ1n) is 6.24. The number of fused-ring (bicyclic) bond motifs is 2. The zero-order chi connectivity index (χ0) is 12.9. The largest absolute Gasteiger partial charge is 0.286 e. The molecule has 92 valence electrons. The average Bonchev–Trinajstić information content (AvgIpc) is 2.98. The van der Waals surface area contributed by atoms with Gasteiger partial charge in [0.05, 0.1) is 28.1 Å². The van der Waals surface area contributed by atoms with Crippen molar-refractivity contribution in [3.8, 4) is 0 Å². The average molecular weight is 248 g/mol. The molecule has 4 heteroatoms. The fraction of sp³-hybridized carbons (Fsp3) is 0.133. The van der Waals surface area contributed by atoms with Crippen LogP contribution < -0.4 is 10.7 Å². The van der Waals surface area contributed by atoms with E-state index in [0.29, 0.717) is 0 Å². The number of benzene rings is 2. The SMILES string of the molecule is CC1(n2cnc3ccccc32)N=c2ccccc2=N1. The smallest absolute Gasteiger partial charge is 0.230 e. The van der Waals surface area contributed by atoms with Crippen LogP contribution in [0, 0.1) is 0 Å². The van der Waals surface area contributed by atoms with Crippen LogP contribution in [0.3, 0.4) is 0 Å². The summed E-state index contributed by atoms with van der Waals surface area (Å²) in [4.78, 5) is 13.9. The first-order chi connectivity index (χ1) is 9.26. The topological polar surface area (TPSA) is 42.5 Å². The number of nitrogens with zero attached hydrogens (tertiary/aromatic N) is 4. The molecule has 0 unspecified atom stereocenters. The Kier molecular flexibility index (Phi) is 1.93. The van der Waals surface area contributed by atoms with Gasteiger partial charge in [-0.05, 0) is 24.3 Å². The molecule has 1 aliphatic heterocycles. The second-order valence-corrected chi connectivity index (χ2v) is 4.79. The van der Waals surface area contributed by atoms with Crippen molar-refractivity contribution in [1.82, 2.24) is 9.55 Å². The zero-order valence-electron chi connectivity index (χ0n) is 10.5. The van der Waals surface area contributed by atoms with Gasteiger partial charge in [-0.15, -0.1) is 0 Å². The molecule has 0 saturated carbocycles. The van der Waals surface area contributed by atoms with E-state index in [1.807, 2.05) is 66.3 Å². The molecule has 0 spiro atoms. The quantitative estimate of drug-likeness (QED) is 0.645. The summed E-state index contributed by atoms with van der Waals surface area (Å²) in [5.74, 6) is -0.639. The third-order valence-corrected chi connectivity index (χ3v) is 3.46. The van der Waals surface area contributed by atoms with Crippen molar-refractivity contribution in [2.45, 2.75) is 12.7 Å². The maximum absolute atomic E-state index is 4.73. The number of rotatable bonds is 1. The first-order valence-corrected chi connectivity index (χ1v) is 6.24. The molecule has 2 aromatic carbocycles. The Hall–Kier alpha value is -2.49. The lowest BCUT2D eigenvalue weighted by Crippen LogP contribution is -2.23. The van der Waals surface area contributed by atoms with Gasteiger partial charge in [0.2, 0.25) is 5.79 Å². The number of hydrogen-bond acceptors (Lipinski definition) is 3. The summed E-state index contributed by atoms with van der Waals surface area (Å²) in [7, 11) is 0. The molecule has 0 bridgehead atoms. The number of para-hydroxylation sites is 4. The fourth-order valence-corrected chi connectivity index (χ4v) is 2.54. The van der Waals surface area contributed by atoms with Gasteiger partial charge in [-0.1, -0.05) is 24.3 Å². The van der Waals surface area contributed by atoms with Gasteiger partial charge in [0.25, 0.3) is 0 Å². The Labute approximate surface area is 109 Å². The van der Waals surface area contributed by atoms with E-state index < -0.39 is 5.79 Å². The molecule has 0 atom stereocenters. The highest BCUT2D eigenvalue weighted by molar-refractivity contribution is 5.75. The van der Waals surface area contributed by atoms with E-state index >= 15 is 0 Å². The van der Waals surface area contributed by atoms with Gasteiger partial charge in [0.1, 0.15) is 0 Å².